The van der Waals surface area contributed by atoms with Crippen molar-refractivity contribution < 1.29 is 19.8 Å². The fourth-order valence-electron chi connectivity index (χ4n) is 0.840. The summed E-state index contributed by atoms with van der Waals surface area (Å²) in [5.41, 5.74) is -0.354. The zero-order valence-corrected chi connectivity index (χ0v) is 6.02. The third-order valence-electron chi connectivity index (χ3n) is 1.37. The van der Waals surface area contributed by atoms with Crippen LogP contribution >= 0.6 is 0 Å². The Morgan fingerprint density at radius 2 is 1.75 bits per heavy atom. The molecule has 4 heteroatoms. The summed E-state index contributed by atoms with van der Waals surface area (Å²) in [7, 11) is 0. The number of ketones is 1. The van der Waals surface area contributed by atoms with Crippen LogP contribution in [0.5, 0.6) is 11.5 Å². The highest BCUT2D eigenvalue weighted by Crippen LogP contribution is 2.25. The minimum Gasteiger partial charge on any atom is -0.507 e. The number of aldehydes is 1. The van der Waals surface area contributed by atoms with E-state index in [0.717, 1.165) is 0 Å². The number of benzene rings is 1. The van der Waals surface area contributed by atoms with Crippen molar-refractivity contribution in [2.45, 2.75) is 0 Å². The average Bonchev–Trinajstić information content (AvgIpc) is 2.03. The first-order chi connectivity index (χ1) is 5.66. The van der Waals surface area contributed by atoms with Crippen molar-refractivity contribution in [1.82, 2.24) is 0 Å². The predicted octanol–water partition coefficient (Wildman–Crippen LogP) is 0.479. The molecule has 0 atom stereocenters. The molecule has 1 aromatic carbocycles. The van der Waals surface area contributed by atoms with E-state index < -0.39 is 17.3 Å². The fourth-order valence-corrected chi connectivity index (χ4v) is 0.840. The molecule has 0 saturated heterocycles. The molecule has 0 unspecified atom stereocenters. The maximum Gasteiger partial charge on any atom is 0.232 e. The van der Waals surface area contributed by atoms with Crippen LogP contribution in [0.25, 0.3) is 0 Å². The van der Waals surface area contributed by atoms with E-state index in [0.29, 0.717) is 0 Å². The minimum absolute atomic E-state index is 0.0365. The molecule has 0 amide bonds. The van der Waals surface area contributed by atoms with Crippen LogP contribution in [-0.2, 0) is 4.79 Å². The third-order valence-corrected chi connectivity index (χ3v) is 1.37. The van der Waals surface area contributed by atoms with Gasteiger partial charge < -0.3 is 10.2 Å². The number of hydrogen-bond donors (Lipinski definition) is 2. The highest BCUT2D eigenvalue weighted by molar-refractivity contribution is 6.34. The van der Waals surface area contributed by atoms with Gasteiger partial charge in [0.1, 0.15) is 17.1 Å². The largest absolute Gasteiger partial charge is 0.507 e. The number of phenolic OH excluding ortho intramolecular Hbond substituents is 2. The Morgan fingerprint density at radius 3 is 2.17 bits per heavy atom. The number of rotatable bonds is 2. The van der Waals surface area contributed by atoms with Crippen LogP contribution in [0.4, 0.5) is 0 Å². The lowest BCUT2D eigenvalue weighted by Crippen LogP contribution is -2.00. The van der Waals surface area contributed by atoms with Gasteiger partial charge in [0.05, 0.1) is 0 Å². The van der Waals surface area contributed by atoms with Gasteiger partial charge in [-0.15, -0.1) is 0 Å². The van der Waals surface area contributed by atoms with E-state index in [4.69, 9.17) is 10.2 Å². The zero-order valence-electron chi connectivity index (χ0n) is 6.02. The van der Waals surface area contributed by atoms with E-state index in [-0.39, 0.29) is 11.8 Å². The first-order valence-electron chi connectivity index (χ1n) is 3.17. The Balaban J connectivity index is 3.30. The van der Waals surface area contributed by atoms with E-state index in [1.165, 1.54) is 18.2 Å². The summed E-state index contributed by atoms with van der Waals surface area (Å²) in [4.78, 5) is 20.8. The molecule has 0 radical (unpaired) electrons. The van der Waals surface area contributed by atoms with Gasteiger partial charge in [0.15, 0.2) is 6.29 Å². The Morgan fingerprint density at radius 1 is 1.25 bits per heavy atom. The first kappa shape index (κ1) is 8.26. The van der Waals surface area contributed by atoms with Gasteiger partial charge >= 0.3 is 0 Å². The molecule has 1 aromatic rings. The van der Waals surface area contributed by atoms with Crippen LogP contribution in [0.15, 0.2) is 18.2 Å². The molecular weight excluding hydrogens is 160 g/mol. The van der Waals surface area contributed by atoms with Crippen molar-refractivity contribution in [2.75, 3.05) is 0 Å². The smallest absolute Gasteiger partial charge is 0.232 e. The van der Waals surface area contributed by atoms with E-state index >= 15 is 0 Å². The van der Waals surface area contributed by atoms with Gasteiger partial charge in [-0.3, -0.25) is 9.59 Å². The maximum atomic E-state index is 10.8. The van der Waals surface area contributed by atoms with Gasteiger partial charge in [0.25, 0.3) is 0 Å². The van der Waals surface area contributed by atoms with E-state index in [1.54, 1.807) is 0 Å². The zero-order chi connectivity index (χ0) is 9.14. The van der Waals surface area contributed by atoms with Crippen LogP contribution in [0.2, 0.25) is 0 Å². The molecular formula is C8H6O4. The number of carbonyl (C=O) groups excluding carboxylic acids is 2. The standard InChI is InChI=1S/C8H6O4/c9-4-7(12)8-5(10)2-1-3-6(8)11/h1-4,10-11H. The van der Waals surface area contributed by atoms with Crippen molar-refractivity contribution in [3.63, 3.8) is 0 Å². The summed E-state index contributed by atoms with van der Waals surface area (Å²) < 4.78 is 0. The fraction of sp³-hybridized carbons (Fsp3) is 0. The molecule has 12 heavy (non-hydrogen) atoms. The Kier molecular flexibility index (Phi) is 2.09. The van der Waals surface area contributed by atoms with Crippen LogP contribution in [0.1, 0.15) is 10.4 Å². The van der Waals surface area contributed by atoms with Crippen LogP contribution in [-0.4, -0.2) is 22.3 Å². The second kappa shape index (κ2) is 3.04. The molecule has 0 fully saturated rings. The molecule has 0 heterocycles. The second-order valence-corrected chi connectivity index (χ2v) is 2.15. The van der Waals surface area contributed by atoms with Gasteiger partial charge in [-0.1, -0.05) is 6.07 Å². The van der Waals surface area contributed by atoms with Crippen molar-refractivity contribution in [2.24, 2.45) is 0 Å². The lowest BCUT2D eigenvalue weighted by atomic mass is 10.1. The van der Waals surface area contributed by atoms with E-state index in [9.17, 15) is 9.59 Å². The summed E-state index contributed by atoms with van der Waals surface area (Å²) >= 11 is 0. The molecule has 0 aromatic heterocycles. The molecule has 1 rings (SSSR count). The van der Waals surface area contributed by atoms with Gasteiger partial charge in [-0.25, -0.2) is 0 Å². The van der Waals surface area contributed by atoms with Crippen LogP contribution in [0, 0.1) is 0 Å². The van der Waals surface area contributed by atoms with Crippen molar-refractivity contribution >= 4 is 12.1 Å². The molecule has 0 aliphatic carbocycles. The summed E-state index contributed by atoms with van der Waals surface area (Å²) in [6, 6.07) is 3.80. The second-order valence-electron chi connectivity index (χ2n) is 2.15. The average molecular weight is 166 g/mol. The normalized spacial score (nSPS) is 9.33. The molecule has 0 aliphatic rings. The van der Waals surface area contributed by atoms with Crippen LogP contribution in [0.3, 0.4) is 0 Å². The van der Waals surface area contributed by atoms with Crippen molar-refractivity contribution in [3.8, 4) is 11.5 Å². The molecule has 0 spiro atoms. The molecule has 62 valence electrons. The van der Waals surface area contributed by atoms with Gasteiger partial charge in [-0.2, -0.15) is 0 Å². The Labute approximate surface area is 68.1 Å². The lowest BCUT2D eigenvalue weighted by Gasteiger charge is -2.00. The molecule has 0 aliphatic heterocycles. The Hall–Kier alpha value is -1.84. The van der Waals surface area contributed by atoms with Crippen molar-refractivity contribution in [3.05, 3.63) is 23.8 Å². The van der Waals surface area contributed by atoms with Gasteiger partial charge in [0, 0.05) is 0 Å². The molecule has 2 N–H and O–H groups in total. The summed E-state index contributed by atoms with van der Waals surface area (Å²) in [5.74, 6) is -1.73. The summed E-state index contributed by atoms with van der Waals surface area (Å²) in [6.07, 6.45) is 0.0365. The highest BCUT2D eigenvalue weighted by atomic mass is 16.3. The maximum absolute atomic E-state index is 10.8. The molecule has 4 nitrogen and oxygen atoms in total. The third kappa shape index (κ3) is 1.27. The van der Waals surface area contributed by atoms with E-state index in [1.807, 2.05) is 0 Å². The number of carbonyl (C=O) groups is 2. The molecule has 0 bridgehead atoms. The first-order valence-corrected chi connectivity index (χ1v) is 3.17. The van der Waals surface area contributed by atoms with E-state index in [2.05, 4.69) is 0 Å². The number of aromatic hydroxyl groups is 2. The number of hydrogen-bond acceptors (Lipinski definition) is 4. The van der Waals surface area contributed by atoms with Gasteiger partial charge in [-0.05, 0) is 12.1 Å². The number of Topliss-reactive ketones (excluding diaryl/α,β-unsaturated/α-hetero) is 1. The topological polar surface area (TPSA) is 74.6 Å². The van der Waals surface area contributed by atoms with Gasteiger partial charge in [0.2, 0.25) is 5.78 Å². The summed E-state index contributed by atoms with van der Waals surface area (Å²) in [5, 5.41) is 18.1. The highest BCUT2D eigenvalue weighted by Gasteiger charge is 2.14. The molecule has 0 saturated carbocycles. The predicted molar refractivity (Wildman–Crippen MR) is 40.2 cm³/mol. The SMILES string of the molecule is O=CC(=O)c1c(O)cccc1O. The van der Waals surface area contributed by atoms with Crippen LogP contribution < -0.4 is 0 Å². The van der Waals surface area contributed by atoms with Crippen molar-refractivity contribution in [1.29, 1.82) is 0 Å². The number of phenols is 2. The quantitative estimate of drug-likeness (QED) is 0.380. The monoisotopic (exact) mass is 166 g/mol. The minimum atomic E-state index is -0.939. The summed E-state index contributed by atoms with van der Waals surface area (Å²) in [6.45, 7) is 0. The Bertz CT molecular complexity index is 310. The lowest BCUT2D eigenvalue weighted by molar-refractivity contribution is -0.104.